The molecular formula is C9H13N5O2S. The highest BCUT2D eigenvalue weighted by Gasteiger charge is 2.32. The molecule has 1 aromatic heterocycles. The molecule has 0 radical (unpaired) electrons. The predicted octanol–water partition coefficient (Wildman–Crippen LogP) is -0.262. The molecule has 0 saturated carbocycles. The summed E-state index contributed by atoms with van der Waals surface area (Å²) in [6.45, 7) is 0. The zero-order chi connectivity index (χ0) is 12.6. The van der Waals surface area contributed by atoms with Gasteiger partial charge in [0.25, 0.3) is 0 Å². The van der Waals surface area contributed by atoms with E-state index in [1.807, 2.05) is 6.07 Å². The first-order valence-corrected chi connectivity index (χ1v) is 6.97. The third kappa shape index (κ3) is 1.93. The molecular weight excluding hydrogens is 242 g/mol. The van der Waals surface area contributed by atoms with Crippen molar-refractivity contribution in [2.45, 2.75) is 12.5 Å². The first-order valence-electron chi connectivity index (χ1n) is 5.14. The number of nitriles is 1. The normalized spacial score (nSPS) is 22.2. The maximum atomic E-state index is 11.4. The van der Waals surface area contributed by atoms with Gasteiger partial charge in [0.2, 0.25) is 0 Å². The van der Waals surface area contributed by atoms with Gasteiger partial charge in [0.1, 0.15) is 17.5 Å². The summed E-state index contributed by atoms with van der Waals surface area (Å²) in [7, 11) is -1.36. The molecule has 3 N–H and O–H groups in total. The molecule has 1 unspecified atom stereocenters. The lowest BCUT2D eigenvalue weighted by Gasteiger charge is -2.09. The number of sulfone groups is 1. The molecule has 1 fully saturated rings. The molecule has 1 atom stereocenters. The molecule has 0 spiro atoms. The number of hydrogen-bond donors (Lipinski definition) is 2. The van der Waals surface area contributed by atoms with Crippen LogP contribution in [0.25, 0.3) is 0 Å². The van der Waals surface area contributed by atoms with Crippen molar-refractivity contribution < 1.29 is 8.42 Å². The second kappa shape index (κ2) is 3.92. The largest absolute Gasteiger partial charge is 0.383 e. The molecule has 1 aromatic rings. The molecule has 92 valence electrons. The molecule has 7 nitrogen and oxygen atoms in total. The van der Waals surface area contributed by atoms with E-state index in [4.69, 9.17) is 11.0 Å². The summed E-state index contributed by atoms with van der Waals surface area (Å²) >= 11 is 0. The molecule has 0 aliphatic carbocycles. The van der Waals surface area contributed by atoms with Crippen LogP contribution in [-0.4, -0.2) is 36.8 Å². The van der Waals surface area contributed by atoms with Gasteiger partial charge in [0.05, 0.1) is 17.5 Å². The van der Waals surface area contributed by atoms with Crippen LogP contribution in [0.3, 0.4) is 0 Å². The highest BCUT2D eigenvalue weighted by atomic mass is 32.2. The van der Waals surface area contributed by atoms with Gasteiger partial charge in [-0.1, -0.05) is 0 Å². The molecule has 1 saturated heterocycles. The van der Waals surface area contributed by atoms with Crippen molar-refractivity contribution in [3.05, 3.63) is 5.56 Å². The Morgan fingerprint density at radius 2 is 2.35 bits per heavy atom. The number of nitrogen functional groups attached to an aromatic ring is 1. The van der Waals surface area contributed by atoms with Crippen LogP contribution in [0.4, 0.5) is 11.6 Å². The Morgan fingerprint density at radius 3 is 2.76 bits per heavy atom. The van der Waals surface area contributed by atoms with E-state index in [0.29, 0.717) is 12.2 Å². The van der Waals surface area contributed by atoms with Crippen LogP contribution < -0.4 is 11.1 Å². The lowest BCUT2D eigenvalue weighted by atomic mass is 10.2. The first kappa shape index (κ1) is 11.7. The number of nitrogens with one attached hydrogen (secondary N) is 1. The molecule has 1 aliphatic rings. The lowest BCUT2D eigenvalue weighted by Crippen LogP contribution is -2.15. The summed E-state index contributed by atoms with van der Waals surface area (Å²) in [5, 5.41) is 15.9. The van der Waals surface area contributed by atoms with Crippen molar-refractivity contribution >= 4 is 21.5 Å². The minimum absolute atomic E-state index is 0.0346. The van der Waals surface area contributed by atoms with E-state index < -0.39 is 9.84 Å². The molecule has 2 heterocycles. The monoisotopic (exact) mass is 255 g/mol. The Morgan fingerprint density at radius 1 is 1.65 bits per heavy atom. The quantitative estimate of drug-likeness (QED) is 0.752. The van der Waals surface area contributed by atoms with Gasteiger partial charge >= 0.3 is 0 Å². The first-order chi connectivity index (χ1) is 7.98. The van der Waals surface area contributed by atoms with Crippen LogP contribution in [0, 0.1) is 11.3 Å². The molecule has 0 amide bonds. The number of anilines is 2. The fourth-order valence-electron chi connectivity index (χ4n) is 1.98. The van der Waals surface area contributed by atoms with Gasteiger partial charge < -0.3 is 11.1 Å². The number of nitrogens with two attached hydrogens (primary N) is 1. The van der Waals surface area contributed by atoms with Crippen LogP contribution in [0.5, 0.6) is 0 Å². The summed E-state index contributed by atoms with van der Waals surface area (Å²) < 4.78 is 24.2. The highest BCUT2D eigenvalue weighted by molar-refractivity contribution is 7.91. The Bertz CT molecular complexity index is 583. The Hall–Kier alpha value is -1.75. The van der Waals surface area contributed by atoms with E-state index in [9.17, 15) is 8.42 Å². The van der Waals surface area contributed by atoms with Gasteiger partial charge in [0, 0.05) is 7.05 Å². The third-order valence-corrected chi connectivity index (χ3v) is 4.60. The molecule has 0 bridgehead atoms. The number of rotatable bonds is 2. The van der Waals surface area contributed by atoms with Crippen molar-refractivity contribution in [3.8, 4) is 6.07 Å². The van der Waals surface area contributed by atoms with Crippen LogP contribution in [0.1, 0.15) is 18.0 Å². The second-order valence-corrected chi connectivity index (χ2v) is 6.20. The fourth-order valence-corrected chi connectivity index (χ4v) is 3.67. The summed E-state index contributed by atoms with van der Waals surface area (Å²) in [6, 6.07) is 1.69. The number of hydrogen-bond acceptors (Lipinski definition) is 6. The standard InChI is InChI=1S/C9H13N5O2S/c1-12-9-7(4-10)8(11)14(13-9)6-2-3-17(15,16)5-6/h6H,2-3,5,11H2,1H3,(H,12,13). The van der Waals surface area contributed by atoms with Crippen molar-refractivity contribution in [1.82, 2.24) is 9.78 Å². The van der Waals surface area contributed by atoms with E-state index in [1.165, 1.54) is 4.68 Å². The van der Waals surface area contributed by atoms with Gasteiger partial charge in [-0.05, 0) is 6.42 Å². The maximum absolute atomic E-state index is 11.4. The van der Waals surface area contributed by atoms with E-state index in [0.717, 1.165) is 0 Å². The summed E-state index contributed by atoms with van der Waals surface area (Å²) in [4.78, 5) is 0. The summed E-state index contributed by atoms with van der Waals surface area (Å²) in [5.41, 5.74) is 6.06. The summed E-state index contributed by atoms with van der Waals surface area (Å²) in [6.07, 6.45) is 0.488. The average Bonchev–Trinajstić information content (AvgIpc) is 2.78. The maximum Gasteiger partial charge on any atom is 0.168 e. The number of nitrogens with zero attached hydrogens (tertiary/aromatic N) is 3. The van der Waals surface area contributed by atoms with Gasteiger partial charge in [-0.2, -0.15) is 10.4 Å². The predicted molar refractivity (Wildman–Crippen MR) is 63.2 cm³/mol. The topological polar surface area (TPSA) is 114 Å². The molecule has 0 aromatic carbocycles. The SMILES string of the molecule is CNc1nn(C2CCS(=O)(=O)C2)c(N)c1C#N. The van der Waals surface area contributed by atoms with E-state index in [2.05, 4.69) is 10.4 Å². The molecule has 2 rings (SSSR count). The Kier molecular flexibility index (Phi) is 2.71. The lowest BCUT2D eigenvalue weighted by molar-refractivity contribution is 0.508. The van der Waals surface area contributed by atoms with Crippen LogP contribution in [-0.2, 0) is 9.84 Å². The van der Waals surface area contributed by atoms with Gasteiger partial charge in [-0.25, -0.2) is 13.1 Å². The smallest absolute Gasteiger partial charge is 0.168 e. The molecule has 17 heavy (non-hydrogen) atoms. The van der Waals surface area contributed by atoms with Gasteiger partial charge in [-0.15, -0.1) is 0 Å². The van der Waals surface area contributed by atoms with Crippen LogP contribution in [0.15, 0.2) is 0 Å². The fraction of sp³-hybridized carbons (Fsp3) is 0.556. The van der Waals surface area contributed by atoms with Crippen LogP contribution >= 0.6 is 0 Å². The van der Waals surface area contributed by atoms with E-state index >= 15 is 0 Å². The summed E-state index contributed by atoms with van der Waals surface area (Å²) in [5.74, 6) is 0.786. The Labute approximate surface area is 99.1 Å². The van der Waals surface area contributed by atoms with Crippen molar-refractivity contribution in [1.29, 1.82) is 5.26 Å². The molecule has 8 heteroatoms. The Balaban J connectivity index is 2.42. The second-order valence-electron chi connectivity index (χ2n) is 3.97. The van der Waals surface area contributed by atoms with Crippen LogP contribution in [0.2, 0.25) is 0 Å². The zero-order valence-electron chi connectivity index (χ0n) is 9.34. The number of aromatic nitrogens is 2. The van der Waals surface area contributed by atoms with Crippen molar-refractivity contribution in [2.75, 3.05) is 29.6 Å². The molecule has 1 aliphatic heterocycles. The zero-order valence-corrected chi connectivity index (χ0v) is 10.2. The van der Waals surface area contributed by atoms with Gasteiger partial charge in [-0.3, -0.25) is 0 Å². The van der Waals surface area contributed by atoms with Crippen molar-refractivity contribution in [3.63, 3.8) is 0 Å². The highest BCUT2D eigenvalue weighted by Crippen LogP contribution is 2.29. The van der Waals surface area contributed by atoms with Crippen molar-refractivity contribution in [2.24, 2.45) is 0 Å². The average molecular weight is 255 g/mol. The minimum Gasteiger partial charge on any atom is -0.383 e. The van der Waals surface area contributed by atoms with Gasteiger partial charge in [0.15, 0.2) is 15.7 Å². The third-order valence-electron chi connectivity index (χ3n) is 2.85. The van der Waals surface area contributed by atoms with E-state index in [1.54, 1.807) is 7.05 Å². The minimum atomic E-state index is -3.00. The van der Waals surface area contributed by atoms with E-state index in [-0.39, 0.29) is 28.9 Å².